The van der Waals surface area contributed by atoms with Crippen LogP contribution >= 0.6 is 12.4 Å². The highest BCUT2D eigenvalue weighted by Crippen LogP contribution is 2.17. The lowest BCUT2D eigenvalue weighted by Crippen LogP contribution is -2.52. The molecule has 0 spiro atoms. The van der Waals surface area contributed by atoms with Gasteiger partial charge in [-0.05, 0) is 43.5 Å². The molecule has 0 radical (unpaired) electrons. The Bertz CT molecular complexity index is 647. The summed E-state index contributed by atoms with van der Waals surface area (Å²) in [5.41, 5.74) is 5.72. The first-order valence-electron chi connectivity index (χ1n) is 7.98. The summed E-state index contributed by atoms with van der Waals surface area (Å²) in [5.74, 6) is 0.0471. The number of nitrogens with two attached hydrogens (primary N) is 1. The second-order valence-corrected chi connectivity index (χ2v) is 8.76. The zero-order chi connectivity index (χ0) is 18.4. The summed E-state index contributed by atoms with van der Waals surface area (Å²) in [6.45, 7) is 6.52. The Kier molecular flexibility index (Phi) is 9.64. The SMILES string of the molecule is COCCS(=O)(=O)c1ccc(C(=O)NC(C)(CN)CC(C)C)cc1.Cl. The van der Waals surface area contributed by atoms with E-state index in [2.05, 4.69) is 19.2 Å². The predicted molar refractivity (Wildman–Crippen MR) is 102 cm³/mol. The average Bonchev–Trinajstić information content (AvgIpc) is 2.52. The lowest BCUT2D eigenvalue weighted by molar-refractivity contribution is 0.0898. The molecule has 1 unspecified atom stereocenters. The number of carbonyl (C=O) groups is 1. The molecule has 0 saturated carbocycles. The topological polar surface area (TPSA) is 98.5 Å². The van der Waals surface area contributed by atoms with Gasteiger partial charge in [-0.3, -0.25) is 4.79 Å². The number of hydrogen-bond donors (Lipinski definition) is 2. The van der Waals surface area contributed by atoms with Crippen LogP contribution in [-0.4, -0.2) is 45.9 Å². The van der Waals surface area contributed by atoms with Crippen LogP contribution in [0.2, 0.25) is 0 Å². The minimum Gasteiger partial charge on any atom is -0.384 e. The molecule has 0 aliphatic heterocycles. The van der Waals surface area contributed by atoms with E-state index in [9.17, 15) is 13.2 Å². The van der Waals surface area contributed by atoms with Gasteiger partial charge >= 0.3 is 0 Å². The van der Waals surface area contributed by atoms with Crippen molar-refractivity contribution in [3.8, 4) is 0 Å². The third-order valence-corrected chi connectivity index (χ3v) is 5.45. The van der Waals surface area contributed by atoms with Crippen LogP contribution < -0.4 is 11.1 Å². The Hall–Kier alpha value is -1.15. The summed E-state index contributed by atoms with van der Waals surface area (Å²) >= 11 is 0. The summed E-state index contributed by atoms with van der Waals surface area (Å²) < 4.78 is 28.9. The van der Waals surface area contributed by atoms with Gasteiger partial charge in [-0.1, -0.05) is 13.8 Å². The molecule has 3 N–H and O–H groups in total. The Labute approximate surface area is 156 Å². The molecule has 1 aromatic rings. The first-order chi connectivity index (χ1) is 11.1. The fraction of sp³-hybridized carbons (Fsp3) is 0.588. The van der Waals surface area contributed by atoms with Gasteiger partial charge in [0.15, 0.2) is 9.84 Å². The van der Waals surface area contributed by atoms with Crippen molar-refractivity contribution in [2.24, 2.45) is 11.7 Å². The van der Waals surface area contributed by atoms with Crippen molar-refractivity contribution in [1.82, 2.24) is 5.32 Å². The van der Waals surface area contributed by atoms with Crippen LogP contribution in [0.1, 0.15) is 37.6 Å². The molecule has 6 nitrogen and oxygen atoms in total. The molecule has 144 valence electrons. The van der Waals surface area contributed by atoms with Crippen LogP contribution in [0.3, 0.4) is 0 Å². The van der Waals surface area contributed by atoms with Crippen LogP contribution in [-0.2, 0) is 14.6 Å². The third-order valence-electron chi connectivity index (χ3n) is 3.76. The molecule has 0 fully saturated rings. The second-order valence-electron chi connectivity index (χ2n) is 6.65. The van der Waals surface area contributed by atoms with Gasteiger partial charge in [0.25, 0.3) is 5.91 Å². The number of halogens is 1. The summed E-state index contributed by atoms with van der Waals surface area (Å²) in [6, 6.07) is 5.92. The van der Waals surface area contributed by atoms with E-state index >= 15 is 0 Å². The van der Waals surface area contributed by atoms with Crippen molar-refractivity contribution >= 4 is 28.2 Å². The van der Waals surface area contributed by atoms with Gasteiger partial charge in [0.2, 0.25) is 0 Å². The first kappa shape index (κ1) is 23.9. The number of amides is 1. The van der Waals surface area contributed by atoms with E-state index in [0.29, 0.717) is 18.0 Å². The Morgan fingerprint density at radius 2 is 1.84 bits per heavy atom. The van der Waals surface area contributed by atoms with Gasteiger partial charge in [-0.25, -0.2) is 8.42 Å². The Morgan fingerprint density at radius 1 is 1.28 bits per heavy atom. The number of hydrogen-bond acceptors (Lipinski definition) is 5. The number of methoxy groups -OCH3 is 1. The van der Waals surface area contributed by atoms with Crippen molar-refractivity contribution in [2.45, 2.75) is 37.6 Å². The van der Waals surface area contributed by atoms with E-state index in [1.807, 2.05) is 6.92 Å². The van der Waals surface area contributed by atoms with Gasteiger partial charge in [-0.2, -0.15) is 0 Å². The average molecular weight is 393 g/mol. The maximum atomic E-state index is 12.4. The number of carbonyl (C=O) groups excluding carboxylic acids is 1. The monoisotopic (exact) mass is 392 g/mol. The number of nitrogens with one attached hydrogen (secondary N) is 1. The normalized spacial score (nSPS) is 13.8. The van der Waals surface area contributed by atoms with Crippen molar-refractivity contribution in [3.05, 3.63) is 29.8 Å². The summed E-state index contributed by atoms with van der Waals surface area (Å²) in [4.78, 5) is 12.6. The zero-order valence-electron chi connectivity index (χ0n) is 15.2. The van der Waals surface area contributed by atoms with Crippen molar-refractivity contribution < 1.29 is 17.9 Å². The molecule has 25 heavy (non-hydrogen) atoms. The third kappa shape index (κ3) is 7.32. The van der Waals surface area contributed by atoms with Crippen molar-refractivity contribution in [3.63, 3.8) is 0 Å². The first-order valence-corrected chi connectivity index (χ1v) is 9.63. The summed E-state index contributed by atoms with van der Waals surface area (Å²) in [7, 11) is -1.94. The fourth-order valence-corrected chi connectivity index (χ4v) is 3.73. The van der Waals surface area contributed by atoms with Crippen LogP contribution in [0.15, 0.2) is 29.2 Å². The lowest BCUT2D eigenvalue weighted by Gasteiger charge is -2.31. The smallest absolute Gasteiger partial charge is 0.251 e. The van der Waals surface area contributed by atoms with E-state index < -0.39 is 15.4 Å². The van der Waals surface area contributed by atoms with Gasteiger partial charge in [0.1, 0.15) is 0 Å². The quantitative estimate of drug-likeness (QED) is 0.669. The molecule has 0 heterocycles. The van der Waals surface area contributed by atoms with Gasteiger partial charge in [-0.15, -0.1) is 12.4 Å². The van der Waals surface area contributed by atoms with E-state index in [0.717, 1.165) is 6.42 Å². The number of ether oxygens (including phenoxy) is 1. The summed E-state index contributed by atoms with van der Waals surface area (Å²) in [6.07, 6.45) is 0.763. The number of sulfone groups is 1. The van der Waals surface area contributed by atoms with Gasteiger partial charge < -0.3 is 15.8 Å². The summed E-state index contributed by atoms with van der Waals surface area (Å²) in [5, 5.41) is 2.95. The molecule has 8 heteroatoms. The molecule has 1 aromatic carbocycles. The molecule has 1 rings (SSSR count). The van der Waals surface area contributed by atoms with Gasteiger partial charge in [0, 0.05) is 24.8 Å². The second kappa shape index (κ2) is 10.1. The van der Waals surface area contributed by atoms with Crippen molar-refractivity contribution in [2.75, 3.05) is 26.0 Å². The standard InChI is InChI=1S/C17H28N2O4S.ClH/c1-13(2)11-17(3,12-18)19-16(20)14-5-7-15(8-6-14)24(21,22)10-9-23-4;/h5-8,13H,9-12,18H2,1-4H3,(H,19,20);1H. The van der Waals surface area contributed by atoms with Crippen LogP contribution in [0.4, 0.5) is 0 Å². The minimum absolute atomic E-state index is 0. The van der Waals surface area contributed by atoms with E-state index in [-0.39, 0.29) is 35.6 Å². The Morgan fingerprint density at radius 3 is 2.28 bits per heavy atom. The number of benzene rings is 1. The molecule has 0 saturated heterocycles. The fourth-order valence-electron chi connectivity index (χ4n) is 2.56. The maximum Gasteiger partial charge on any atom is 0.251 e. The Balaban J connectivity index is 0.00000576. The largest absolute Gasteiger partial charge is 0.384 e. The van der Waals surface area contributed by atoms with Crippen LogP contribution in [0, 0.1) is 5.92 Å². The molecular weight excluding hydrogens is 364 g/mol. The van der Waals surface area contributed by atoms with Crippen molar-refractivity contribution in [1.29, 1.82) is 0 Å². The molecule has 0 aliphatic rings. The van der Waals surface area contributed by atoms with Crippen LogP contribution in [0.5, 0.6) is 0 Å². The van der Waals surface area contributed by atoms with E-state index in [1.54, 1.807) is 0 Å². The zero-order valence-corrected chi connectivity index (χ0v) is 16.9. The van der Waals surface area contributed by atoms with Gasteiger partial charge in [0.05, 0.1) is 17.3 Å². The molecule has 1 amide bonds. The van der Waals surface area contributed by atoms with Crippen LogP contribution in [0.25, 0.3) is 0 Å². The van der Waals surface area contributed by atoms with E-state index in [4.69, 9.17) is 10.5 Å². The highest BCUT2D eigenvalue weighted by molar-refractivity contribution is 7.91. The van der Waals surface area contributed by atoms with E-state index in [1.165, 1.54) is 31.4 Å². The molecular formula is C17H29ClN2O4S. The molecule has 0 aromatic heterocycles. The minimum atomic E-state index is -3.40. The maximum absolute atomic E-state index is 12.4. The molecule has 0 aliphatic carbocycles. The lowest BCUT2D eigenvalue weighted by atomic mass is 9.90. The molecule has 1 atom stereocenters. The predicted octanol–water partition coefficient (Wildman–Crippen LogP) is 2.02. The highest BCUT2D eigenvalue weighted by atomic mass is 35.5. The highest BCUT2D eigenvalue weighted by Gasteiger charge is 2.26. The molecule has 0 bridgehead atoms. The number of rotatable bonds is 9.